The van der Waals surface area contributed by atoms with Crippen LogP contribution in [0.3, 0.4) is 0 Å². The molecule has 1 atom stereocenters. The van der Waals surface area contributed by atoms with E-state index in [-0.39, 0.29) is 28.8 Å². The van der Waals surface area contributed by atoms with E-state index < -0.39 is 25.2 Å². The first kappa shape index (κ1) is 15.6. The molecule has 1 saturated heterocycles. The largest absolute Gasteiger partial charge is 0.383 e. The Balaban J connectivity index is 2.46. The summed E-state index contributed by atoms with van der Waals surface area (Å²) in [5.41, 5.74) is 5.54. The van der Waals surface area contributed by atoms with Gasteiger partial charge in [0.25, 0.3) is 0 Å². The first-order valence-electron chi connectivity index (χ1n) is 5.90. The topological polar surface area (TPSA) is 126 Å². The van der Waals surface area contributed by atoms with Crippen molar-refractivity contribution in [2.45, 2.75) is 17.2 Å². The Bertz CT molecular complexity index is 682. The highest BCUT2D eigenvalue weighted by Gasteiger charge is 2.41. The molecule has 2 rings (SSSR count). The lowest BCUT2D eigenvalue weighted by Gasteiger charge is -2.33. The number of hydrogen-bond donors (Lipinski definition) is 2. The molecule has 1 aliphatic heterocycles. The van der Waals surface area contributed by atoms with Crippen LogP contribution in [0.15, 0.2) is 11.1 Å². The van der Waals surface area contributed by atoms with Crippen molar-refractivity contribution in [2.24, 2.45) is 0 Å². The second-order valence-electron chi connectivity index (χ2n) is 4.24. The van der Waals surface area contributed by atoms with Crippen molar-refractivity contribution >= 4 is 37.4 Å². The molecule has 2 heterocycles. The summed E-state index contributed by atoms with van der Waals surface area (Å²) in [6.45, 7) is 1.65. The van der Waals surface area contributed by atoms with Crippen LogP contribution in [0.1, 0.15) is 6.92 Å². The maximum atomic E-state index is 12.6. The summed E-state index contributed by atoms with van der Waals surface area (Å²) in [4.78, 5) is -0.180. The van der Waals surface area contributed by atoms with Gasteiger partial charge in [0, 0.05) is 23.8 Å². The van der Waals surface area contributed by atoms with Gasteiger partial charge in [-0.2, -0.15) is 21.2 Å². The fraction of sp³-hybridized carbons (Fsp3) is 0.667. The van der Waals surface area contributed by atoms with Crippen LogP contribution in [0.5, 0.6) is 0 Å². The van der Waals surface area contributed by atoms with Gasteiger partial charge < -0.3 is 5.73 Å². The third kappa shape index (κ3) is 2.67. The lowest BCUT2D eigenvalue weighted by molar-refractivity contribution is 0.404. The Morgan fingerprint density at radius 1 is 1.50 bits per heavy atom. The monoisotopic (exact) mass is 340 g/mol. The van der Waals surface area contributed by atoms with E-state index in [4.69, 9.17) is 5.73 Å². The summed E-state index contributed by atoms with van der Waals surface area (Å²) in [7, 11) is -7.47. The number of nitrogens with zero attached hydrogens (tertiary/aromatic N) is 2. The van der Waals surface area contributed by atoms with E-state index >= 15 is 0 Å². The molecule has 11 heteroatoms. The fourth-order valence-electron chi connectivity index (χ4n) is 1.93. The number of sulfonamides is 1. The van der Waals surface area contributed by atoms with Gasteiger partial charge in [0.15, 0.2) is 9.84 Å². The van der Waals surface area contributed by atoms with Crippen molar-refractivity contribution in [3.63, 3.8) is 0 Å². The second-order valence-corrected chi connectivity index (χ2v) is 9.70. The third-order valence-corrected chi connectivity index (χ3v) is 8.43. The Hall–Kier alpha value is -0.780. The summed E-state index contributed by atoms with van der Waals surface area (Å²) in [5, 5.41) is 4.88. The van der Waals surface area contributed by atoms with Crippen molar-refractivity contribution < 1.29 is 16.8 Å². The molecule has 8 nitrogen and oxygen atoms in total. The Morgan fingerprint density at radius 3 is 2.75 bits per heavy atom. The van der Waals surface area contributed by atoms with Gasteiger partial charge in [-0.05, 0) is 0 Å². The van der Waals surface area contributed by atoms with Crippen molar-refractivity contribution in [1.29, 1.82) is 0 Å². The molecule has 0 aromatic carbocycles. The van der Waals surface area contributed by atoms with Gasteiger partial charge in [-0.3, -0.25) is 5.10 Å². The predicted octanol–water partition coefficient (Wildman–Crippen LogP) is -0.510. The number of nitrogen functional groups attached to an aromatic ring is 1. The van der Waals surface area contributed by atoms with Crippen LogP contribution >= 0.6 is 11.8 Å². The first-order valence-corrected chi connectivity index (χ1v) is 10.2. The second kappa shape index (κ2) is 5.54. The Kier molecular flexibility index (Phi) is 4.33. The van der Waals surface area contributed by atoms with Crippen LogP contribution < -0.4 is 5.73 Å². The molecule has 1 aromatic rings. The minimum absolute atomic E-state index is 0.0872. The zero-order chi connectivity index (χ0) is 15.0. The number of nitrogens with one attached hydrogen (secondary N) is 1. The summed E-state index contributed by atoms with van der Waals surface area (Å²) in [5.74, 6) is 0.584. The molecular formula is C9H16N4O4S3. The number of sulfone groups is 1. The van der Waals surface area contributed by atoms with Gasteiger partial charge in [-0.25, -0.2) is 16.8 Å². The van der Waals surface area contributed by atoms with E-state index in [1.165, 1.54) is 18.7 Å². The number of hydrogen-bond acceptors (Lipinski definition) is 7. The summed E-state index contributed by atoms with van der Waals surface area (Å²) >= 11 is 1.43. The number of nitrogens with two attached hydrogens (primary N) is 1. The number of thioether (sulfide) groups is 1. The van der Waals surface area contributed by atoms with Crippen molar-refractivity contribution in [3.8, 4) is 0 Å². The number of rotatable bonds is 4. The molecule has 114 valence electrons. The van der Waals surface area contributed by atoms with Gasteiger partial charge in [0.05, 0.1) is 6.20 Å². The van der Waals surface area contributed by atoms with Gasteiger partial charge >= 0.3 is 0 Å². The average molecular weight is 340 g/mol. The highest BCUT2D eigenvalue weighted by Crippen LogP contribution is 2.29. The highest BCUT2D eigenvalue weighted by atomic mass is 32.2. The van der Waals surface area contributed by atoms with Gasteiger partial charge in [0.2, 0.25) is 10.0 Å². The maximum Gasteiger partial charge on any atom is 0.249 e. The van der Waals surface area contributed by atoms with Gasteiger partial charge in [0.1, 0.15) is 16.1 Å². The van der Waals surface area contributed by atoms with E-state index in [9.17, 15) is 16.8 Å². The zero-order valence-corrected chi connectivity index (χ0v) is 13.3. The van der Waals surface area contributed by atoms with E-state index in [0.717, 1.165) is 10.5 Å². The smallest absolute Gasteiger partial charge is 0.249 e. The molecule has 1 aromatic heterocycles. The predicted molar refractivity (Wildman–Crippen MR) is 77.5 cm³/mol. The molecule has 0 bridgehead atoms. The standard InChI is InChI=1S/C9H16N4O4S3/c1-2-19(14,15)8-6-18-4-3-13(8)20(16,17)7-5-11-12-9(7)10/h5,8H,2-4,6H2,1H3,(H3,10,11,12). The normalized spacial score (nSPS) is 21.9. The number of aromatic nitrogens is 2. The summed E-state index contributed by atoms with van der Waals surface area (Å²) < 4.78 is 50.3. The minimum Gasteiger partial charge on any atom is -0.383 e. The van der Waals surface area contributed by atoms with E-state index in [0.29, 0.717) is 5.75 Å². The molecule has 1 aliphatic rings. The van der Waals surface area contributed by atoms with E-state index in [2.05, 4.69) is 10.2 Å². The molecule has 0 aliphatic carbocycles. The van der Waals surface area contributed by atoms with Gasteiger partial charge in [-0.15, -0.1) is 0 Å². The summed E-state index contributed by atoms with van der Waals surface area (Å²) in [6.07, 6.45) is 1.10. The zero-order valence-electron chi connectivity index (χ0n) is 10.8. The molecule has 20 heavy (non-hydrogen) atoms. The third-order valence-electron chi connectivity index (χ3n) is 3.07. The van der Waals surface area contributed by atoms with E-state index in [1.807, 2.05) is 0 Å². The lowest BCUT2D eigenvalue weighted by Crippen LogP contribution is -2.50. The first-order chi connectivity index (χ1) is 9.30. The molecule has 0 radical (unpaired) electrons. The van der Waals surface area contributed by atoms with Crippen molar-refractivity contribution in [2.75, 3.05) is 29.5 Å². The van der Waals surface area contributed by atoms with Crippen LogP contribution in [-0.4, -0.2) is 60.5 Å². The van der Waals surface area contributed by atoms with Crippen LogP contribution in [0, 0.1) is 0 Å². The van der Waals surface area contributed by atoms with Crippen LogP contribution in [-0.2, 0) is 19.9 Å². The molecule has 0 spiro atoms. The highest BCUT2D eigenvalue weighted by molar-refractivity contribution is 8.01. The lowest BCUT2D eigenvalue weighted by atomic mass is 10.6. The SMILES string of the molecule is CCS(=O)(=O)C1CSCCN1S(=O)(=O)c1cn[nH]c1N. The van der Waals surface area contributed by atoms with Crippen LogP contribution in [0.25, 0.3) is 0 Å². The van der Waals surface area contributed by atoms with Crippen LogP contribution in [0.2, 0.25) is 0 Å². The quantitative estimate of drug-likeness (QED) is 0.756. The average Bonchev–Trinajstić information content (AvgIpc) is 2.86. The number of anilines is 1. The molecule has 1 unspecified atom stereocenters. The molecular weight excluding hydrogens is 324 g/mol. The molecule has 1 fully saturated rings. The maximum absolute atomic E-state index is 12.6. The number of H-pyrrole nitrogens is 1. The van der Waals surface area contributed by atoms with E-state index in [1.54, 1.807) is 0 Å². The Morgan fingerprint density at radius 2 is 2.20 bits per heavy atom. The van der Waals surface area contributed by atoms with Gasteiger partial charge in [-0.1, -0.05) is 6.92 Å². The number of aromatic amines is 1. The molecule has 0 amide bonds. The molecule has 3 N–H and O–H groups in total. The van der Waals surface area contributed by atoms with Crippen molar-refractivity contribution in [1.82, 2.24) is 14.5 Å². The minimum atomic E-state index is -3.97. The summed E-state index contributed by atoms with van der Waals surface area (Å²) in [6, 6.07) is 0. The van der Waals surface area contributed by atoms with Crippen molar-refractivity contribution in [3.05, 3.63) is 6.20 Å². The molecule has 0 saturated carbocycles. The fourth-order valence-corrected chi connectivity index (χ4v) is 7.19. The Labute approximate surface area is 122 Å². The van der Waals surface area contributed by atoms with Crippen LogP contribution in [0.4, 0.5) is 5.82 Å².